The fraction of sp³-hybridized carbons (Fsp3) is 0.222. The molecule has 0 atom stereocenters. The summed E-state index contributed by atoms with van der Waals surface area (Å²) in [6.07, 6.45) is 0. The molecule has 0 aliphatic rings. The van der Waals surface area contributed by atoms with Gasteiger partial charge >= 0.3 is 90.7 Å². The van der Waals surface area contributed by atoms with E-state index in [0.29, 0.717) is 11.9 Å². The number of aromatic nitrogens is 1. The predicted molar refractivity (Wildman–Crippen MR) is 57.5 cm³/mol. The molecule has 1 heterocycles. The topological polar surface area (TPSA) is 65.1 Å². The van der Waals surface area contributed by atoms with Gasteiger partial charge in [-0.25, -0.2) is 0 Å². The number of nitro groups is 1. The van der Waals surface area contributed by atoms with Crippen LogP contribution < -0.4 is 5.56 Å². The molecule has 15 heavy (non-hydrogen) atoms. The predicted octanol–water partition coefficient (Wildman–Crippen LogP) is 0.987. The molecule has 78 valence electrons. The molecule has 0 aliphatic heterocycles. The zero-order chi connectivity index (χ0) is 11.0. The van der Waals surface area contributed by atoms with Gasteiger partial charge in [0.15, 0.2) is 0 Å². The van der Waals surface area contributed by atoms with E-state index >= 15 is 0 Å². The minimum atomic E-state index is -0.477. The van der Waals surface area contributed by atoms with Crippen LogP contribution in [0.1, 0.15) is 6.92 Å². The third kappa shape index (κ3) is 1.62. The summed E-state index contributed by atoms with van der Waals surface area (Å²) < 4.78 is 2.65. The van der Waals surface area contributed by atoms with Crippen LogP contribution in [-0.4, -0.2) is 23.2 Å². The maximum atomic E-state index is 11.7. The van der Waals surface area contributed by atoms with E-state index < -0.39 is 4.92 Å². The molecule has 0 radical (unpaired) electrons. The van der Waals surface area contributed by atoms with Crippen molar-refractivity contribution >= 4 is 30.1 Å². The minimum absolute atomic E-state index is 0.0176. The van der Waals surface area contributed by atoms with Crippen LogP contribution in [0.25, 0.3) is 9.65 Å². The average molecular weight is 271 g/mol. The number of benzene rings is 1. The molecule has 0 spiro atoms. The Labute approximate surface area is 91.1 Å². The van der Waals surface area contributed by atoms with Gasteiger partial charge < -0.3 is 0 Å². The molecular weight excluding hydrogens is 263 g/mol. The Bertz CT molecular complexity index is 585. The van der Waals surface area contributed by atoms with Crippen LogP contribution >= 0.6 is 0 Å². The SMILES string of the molecule is CCn1[se]c2ccc([N+](=O)[O-])cc2c1=O. The molecule has 0 saturated heterocycles. The third-order valence-electron chi connectivity index (χ3n) is 2.13. The van der Waals surface area contributed by atoms with Crippen LogP contribution in [0.3, 0.4) is 0 Å². The van der Waals surface area contributed by atoms with E-state index in [-0.39, 0.29) is 26.0 Å². The van der Waals surface area contributed by atoms with Crippen molar-refractivity contribution < 1.29 is 4.92 Å². The van der Waals surface area contributed by atoms with Gasteiger partial charge in [-0.05, 0) is 0 Å². The summed E-state index contributed by atoms with van der Waals surface area (Å²) >= 11 is -0.0176. The molecule has 0 unspecified atom stereocenters. The van der Waals surface area contributed by atoms with Gasteiger partial charge in [0.25, 0.3) is 0 Å². The summed E-state index contributed by atoms with van der Waals surface area (Å²) in [6, 6.07) is 4.50. The van der Waals surface area contributed by atoms with Crippen molar-refractivity contribution in [2.24, 2.45) is 0 Å². The molecule has 0 saturated carbocycles. The van der Waals surface area contributed by atoms with Crippen LogP contribution in [0.2, 0.25) is 0 Å². The van der Waals surface area contributed by atoms with Gasteiger partial charge in [0.1, 0.15) is 0 Å². The van der Waals surface area contributed by atoms with Crippen LogP contribution in [0.5, 0.6) is 0 Å². The summed E-state index contributed by atoms with van der Waals surface area (Å²) in [7, 11) is 0. The van der Waals surface area contributed by atoms with Crippen molar-refractivity contribution in [3.63, 3.8) is 0 Å². The molecule has 1 aromatic heterocycles. The van der Waals surface area contributed by atoms with E-state index in [1.54, 1.807) is 9.63 Å². The van der Waals surface area contributed by atoms with Gasteiger partial charge in [0.2, 0.25) is 0 Å². The Morgan fingerprint density at radius 1 is 1.53 bits per heavy atom. The van der Waals surface area contributed by atoms with E-state index in [4.69, 9.17) is 0 Å². The number of non-ortho nitro benzene ring substituents is 1. The molecule has 0 bridgehead atoms. The third-order valence-corrected chi connectivity index (χ3v) is 4.64. The van der Waals surface area contributed by atoms with Crippen molar-refractivity contribution in [2.75, 3.05) is 0 Å². The van der Waals surface area contributed by atoms with Gasteiger partial charge in [-0.2, -0.15) is 0 Å². The van der Waals surface area contributed by atoms with Crippen LogP contribution in [0.4, 0.5) is 5.69 Å². The molecule has 0 aliphatic carbocycles. The molecule has 0 fully saturated rings. The number of hydrogen-bond acceptors (Lipinski definition) is 3. The first-order valence-corrected chi connectivity index (χ1v) is 6.04. The van der Waals surface area contributed by atoms with Crippen molar-refractivity contribution in [1.29, 1.82) is 0 Å². The van der Waals surface area contributed by atoms with Crippen molar-refractivity contribution in [3.05, 3.63) is 38.7 Å². The van der Waals surface area contributed by atoms with Crippen LogP contribution in [-0.2, 0) is 6.54 Å². The molecule has 2 aromatic rings. The summed E-state index contributed by atoms with van der Waals surface area (Å²) in [5.74, 6) is 0. The van der Waals surface area contributed by atoms with E-state index in [0.717, 1.165) is 4.26 Å². The van der Waals surface area contributed by atoms with Gasteiger partial charge in [-0.1, -0.05) is 0 Å². The van der Waals surface area contributed by atoms with E-state index in [1.165, 1.54) is 12.1 Å². The summed E-state index contributed by atoms with van der Waals surface area (Å²) in [5, 5.41) is 11.0. The Kier molecular flexibility index (Phi) is 2.46. The number of nitrogens with zero attached hydrogens (tertiary/aromatic N) is 2. The van der Waals surface area contributed by atoms with E-state index in [9.17, 15) is 14.9 Å². The normalized spacial score (nSPS) is 10.7. The number of rotatable bonds is 2. The fourth-order valence-corrected chi connectivity index (χ4v) is 3.31. The van der Waals surface area contributed by atoms with Crippen molar-refractivity contribution in [2.45, 2.75) is 13.5 Å². The second kappa shape index (κ2) is 3.64. The number of aryl methyl sites for hydroxylation is 1. The standard InChI is InChI=1S/C9H8N2O3Se/c1-2-10-9(12)7-5-6(11(13)14)3-4-8(7)15-10/h3-5H,2H2,1H3. The summed E-state index contributed by atoms with van der Waals surface area (Å²) in [5.41, 5.74) is -0.105. The van der Waals surface area contributed by atoms with Crippen molar-refractivity contribution in [1.82, 2.24) is 3.56 Å². The summed E-state index contributed by atoms with van der Waals surface area (Å²) in [4.78, 5) is 21.8. The number of hydrogen-bond donors (Lipinski definition) is 0. The zero-order valence-corrected chi connectivity index (χ0v) is 9.68. The maximum absolute atomic E-state index is 11.7. The molecule has 6 heteroatoms. The molecule has 5 nitrogen and oxygen atoms in total. The van der Waals surface area contributed by atoms with Gasteiger partial charge in [0, 0.05) is 0 Å². The van der Waals surface area contributed by atoms with Gasteiger partial charge in [0.05, 0.1) is 0 Å². The monoisotopic (exact) mass is 272 g/mol. The van der Waals surface area contributed by atoms with Crippen molar-refractivity contribution in [3.8, 4) is 0 Å². The molecule has 0 amide bonds. The molecule has 0 N–H and O–H groups in total. The van der Waals surface area contributed by atoms with Gasteiger partial charge in [-0.3, -0.25) is 0 Å². The number of nitro benzene ring substituents is 1. The first kappa shape index (κ1) is 10.1. The Balaban J connectivity index is 2.76. The zero-order valence-electron chi connectivity index (χ0n) is 7.97. The first-order chi connectivity index (χ1) is 7.13. The first-order valence-electron chi connectivity index (χ1n) is 4.41. The Hall–Kier alpha value is -1.39. The molecular formula is C9H8N2O3Se. The fourth-order valence-electron chi connectivity index (χ4n) is 1.38. The average Bonchev–Trinajstić information content (AvgIpc) is 2.55. The van der Waals surface area contributed by atoms with E-state index in [1.807, 2.05) is 6.92 Å². The van der Waals surface area contributed by atoms with Crippen LogP contribution in [0.15, 0.2) is 23.0 Å². The Morgan fingerprint density at radius 2 is 2.27 bits per heavy atom. The van der Waals surface area contributed by atoms with Gasteiger partial charge in [-0.15, -0.1) is 0 Å². The summed E-state index contributed by atoms with van der Waals surface area (Å²) in [6.45, 7) is 2.56. The second-order valence-corrected chi connectivity index (χ2v) is 5.26. The second-order valence-electron chi connectivity index (χ2n) is 3.03. The van der Waals surface area contributed by atoms with Crippen LogP contribution in [0, 0.1) is 10.1 Å². The number of fused-ring (bicyclic) bond motifs is 1. The quantitative estimate of drug-likeness (QED) is 0.464. The molecule has 2 rings (SSSR count). The molecule has 1 aromatic carbocycles. The van der Waals surface area contributed by atoms with E-state index in [2.05, 4.69) is 0 Å². The Morgan fingerprint density at radius 3 is 2.87 bits per heavy atom.